The van der Waals surface area contributed by atoms with Crippen LogP contribution in [0.25, 0.3) is 11.3 Å². The second kappa shape index (κ2) is 19.4. The van der Waals surface area contributed by atoms with Crippen molar-refractivity contribution in [2.75, 3.05) is 37.7 Å². The number of thioether (sulfide) groups is 1. The molecule has 3 aromatic rings. The molecule has 0 spiro atoms. The molecule has 10 nitrogen and oxygen atoms in total. The van der Waals surface area contributed by atoms with Gasteiger partial charge in [-0.05, 0) is 62.4 Å². The highest BCUT2D eigenvalue weighted by molar-refractivity contribution is 7.99. The third-order valence-electron chi connectivity index (χ3n) is 7.97. The lowest BCUT2D eigenvalue weighted by molar-refractivity contribution is -0.133. The minimum Gasteiger partial charge on any atom is -0.450 e. The van der Waals surface area contributed by atoms with Gasteiger partial charge in [0.05, 0.1) is 24.1 Å². The maximum absolute atomic E-state index is 15.1. The van der Waals surface area contributed by atoms with Crippen LogP contribution in [0.5, 0.6) is 0 Å². The minimum absolute atomic E-state index is 0.0206. The Bertz CT molecular complexity index is 1650. The van der Waals surface area contributed by atoms with E-state index in [4.69, 9.17) is 14.5 Å². The molecule has 0 saturated heterocycles. The van der Waals surface area contributed by atoms with E-state index in [2.05, 4.69) is 30.3 Å². The summed E-state index contributed by atoms with van der Waals surface area (Å²) in [5, 5.41) is 5.53. The average molecular weight is 774 g/mol. The van der Waals surface area contributed by atoms with E-state index >= 15 is 4.39 Å². The maximum atomic E-state index is 15.1. The normalized spacial score (nSPS) is 12.6. The van der Waals surface area contributed by atoms with Crippen LogP contribution in [0, 0.1) is 17.0 Å². The third kappa shape index (κ3) is 15.2. The molecule has 3 amide bonds. The number of carbonyl (C=O) groups excluding carboxylic acids is 3. The number of alkyl carbamates (subject to hydrolysis) is 2. The monoisotopic (exact) mass is 773 g/mol. The summed E-state index contributed by atoms with van der Waals surface area (Å²) in [4.78, 5) is 45.5. The highest BCUT2D eigenvalue weighted by Crippen LogP contribution is 2.40. The molecule has 292 valence electrons. The van der Waals surface area contributed by atoms with Gasteiger partial charge in [0.15, 0.2) is 0 Å². The number of rotatable bonds is 17. The molecular formula is C39H57F2N5O5SSi. The van der Waals surface area contributed by atoms with Crippen LogP contribution in [0.1, 0.15) is 65.4 Å². The van der Waals surface area contributed by atoms with Crippen molar-refractivity contribution in [3.8, 4) is 11.3 Å². The van der Waals surface area contributed by atoms with Crippen LogP contribution in [0.3, 0.4) is 0 Å². The maximum Gasteiger partial charge on any atom is 0.407 e. The molecular weight excluding hydrogens is 717 g/mol. The predicted molar refractivity (Wildman–Crippen MR) is 211 cm³/mol. The highest BCUT2D eigenvalue weighted by atomic mass is 32.2. The van der Waals surface area contributed by atoms with Gasteiger partial charge in [0.1, 0.15) is 23.1 Å². The van der Waals surface area contributed by atoms with Gasteiger partial charge in [0.25, 0.3) is 0 Å². The molecule has 1 aromatic heterocycles. The Balaban J connectivity index is 1.90. The molecule has 0 radical (unpaired) electrons. The van der Waals surface area contributed by atoms with E-state index in [9.17, 15) is 18.8 Å². The second-order valence-electron chi connectivity index (χ2n) is 16.3. The number of nitrogens with one attached hydrogen (secondary N) is 2. The molecule has 0 aliphatic carbocycles. The lowest BCUT2D eigenvalue weighted by atomic mass is 9.84. The van der Waals surface area contributed by atoms with Gasteiger partial charge >= 0.3 is 12.2 Å². The number of carbonyl (C=O) groups is 3. The molecule has 0 unspecified atom stereocenters. The van der Waals surface area contributed by atoms with E-state index < -0.39 is 49.0 Å². The molecule has 3 rings (SSSR count). The van der Waals surface area contributed by atoms with Crippen molar-refractivity contribution in [1.29, 1.82) is 0 Å². The van der Waals surface area contributed by atoms with E-state index in [1.165, 1.54) is 11.8 Å². The zero-order chi connectivity index (χ0) is 39.4. The van der Waals surface area contributed by atoms with Crippen LogP contribution in [0.4, 0.5) is 18.4 Å². The van der Waals surface area contributed by atoms with Crippen molar-refractivity contribution in [3.05, 3.63) is 77.8 Å². The topological polar surface area (TPSA) is 115 Å². The fraction of sp³-hybridized carbons (Fsp3) is 0.538. The first-order valence-corrected chi connectivity index (χ1v) is 22.9. The van der Waals surface area contributed by atoms with E-state index in [0.717, 1.165) is 29.8 Å². The Labute approximate surface area is 318 Å². The number of amides is 3. The quantitative estimate of drug-likeness (QED) is 0.104. The predicted octanol–water partition coefficient (Wildman–Crippen LogP) is 8.50. The number of benzene rings is 2. The van der Waals surface area contributed by atoms with Gasteiger partial charge < -0.3 is 29.6 Å². The fourth-order valence-corrected chi connectivity index (χ4v) is 6.94. The van der Waals surface area contributed by atoms with Crippen molar-refractivity contribution in [2.24, 2.45) is 5.41 Å². The van der Waals surface area contributed by atoms with Crippen LogP contribution in [0.2, 0.25) is 25.7 Å². The zero-order valence-electron chi connectivity index (χ0n) is 32.7. The molecule has 0 aliphatic rings. The summed E-state index contributed by atoms with van der Waals surface area (Å²) in [6, 6.07) is 13.2. The smallest absolute Gasteiger partial charge is 0.407 e. The summed E-state index contributed by atoms with van der Waals surface area (Å²) >= 11 is 1.38. The molecule has 2 aromatic carbocycles. The van der Waals surface area contributed by atoms with Gasteiger partial charge in [-0.2, -0.15) is 11.8 Å². The zero-order valence-corrected chi connectivity index (χ0v) is 34.5. The molecule has 1 atom stereocenters. The lowest BCUT2D eigenvalue weighted by Gasteiger charge is -2.40. The van der Waals surface area contributed by atoms with Gasteiger partial charge in [0, 0.05) is 51.8 Å². The van der Waals surface area contributed by atoms with Crippen molar-refractivity contribution >= 4 is 37.9 Å². The summed E-state index contributed by atoms with van der Waals surface area (Å²) in [7, 11) is -1.33. The van der Waals surface area contributed by atoms with Crippen LogP contribution in [-0.2, 0) is 20.8 Å². The Morgan fingerprint density at radius 1 is 0.962 bits per heavy atom. The molecule has 1 heterocycles. The van der Waals surface area contributed by atoms with Crippen LogP contribution in [0.15, 0.2) is 54.7 Å². The average Bonchev–Trinajstić information content (AvgIpc) is 3.44. The van der Waals surface area contributed by atoms with Gasteiger partial charge in [-0.25, -0.2) is 23.4 Å². The van der Waals surface area contributed by atoms with Crippen LogP contribution in [-0.4, -0.2) is 84.0 Å². The summed E-state index contributed by atoms with van der Waals surface area (Å²) in [6.45, 7) is 19.6. The third-order valence-corrected chi connectivity index (χ3v) is 10.6. The second-order valence-corrected chi connectivity index (χ2v) is 23.0. The number of ether oxygens (including phenoxy) is 2. The minimum atomic E-state index is -1.33. The van der Waals surface area contributed by atoms with E-state index in [1.54, 1.807) is 31.9 Å². The summed E-state index contributed by atoms with van der Waals surface area (Å²) in [6.07, 6.45) is 1.09. The fourth-order valence-electron chi connectivity index (χ4n) is 5.49. The van der Waals surface area contributed by atoms with Crippen molar-refractivity contribution in [2.45, 2.75) is 91.8 Å². The van der Waals surface area contributed by atoms with Gasteiger partial charge in [-0.3, -0.25) is 4.79 Å². The number of aromatic nitrogens is 2. The van der Waals surface area contributed by atoms with Crippen molar-refractivity contribution < 1.29 is 32.6 Å². The van der Waals surface area contributed by atoms with E-state index in [-0.39, 0.29) is 36.0 Å². The molecule has 14 heteroatoms. The molecule has 0 aliphatic heterocycles. The first-order chi connectivity index (χ1) is 24.7. The molecule has 2 N–H and O–H groups in total. The van der Waals surface area contributed by atoms with Gasteiger partial charge in [0.2, 0.25) is 5.91 Å². The Hall–Kier alpha value is -3.91. The van der Waals surface area contributed by atoms with E-state index in [0.29, 0.717) is 37.7 Å². The van der Waals surface area contributed by atoms with Crippen molar-refractivity contribution in [3.63, 3.8) is 0 Å². The number of hydrogen-bond donors (Lipinski definition) is 2. The Morgan fingerprint density at radius 3 is 2.28 bits per heavy atom. The first-order valence-electron chi connectivity index (χ1n) is 18.0. The summed E-state index contributed by atoms with van der Waals surface area (Å²) in [5.74, 6) is -0.258. The summed E-state index contributed by atoms with van der Waals surface area (Å²) in [5.41, 5.74) is 0.00389. The standard InChI is InChI=1S/C39H57F2N5O5SSi/c1-38(2,3)34(35-44-32(30-24-29(40)16-17-31(30)41)26-45(35)25-28-14-11-10-12-15-28)46(20-13-18-42-37(49)51-39(4,5)6)33(47)27-52-22-19-43-36(48)50-21-23-53(7,8)9/h10-12,14-17,24,26,34H,13,18-23,25,27H2,1-9H3,(H,42,49)(H,43,48)/t34-/m0/s1. The molecule has 0 bridgehead atoms. The van der Waals surface area contributed by atoms with Crippen LogP contribution >= 0.6 is 11.8 Å². The highest BCUT2D eigenvalue weighted by Gasteiger charge is 2.38. The first kappa shape index (κ1) is 43.5. The molecule has 53 heavy (non-hydrogen) atoms. The Morgan fingerprint density at radius 2 is 1.64 bits per heavy atom. The number of halogens is 2. The number of hydrogen-bond acceptors (Lipinski definition) is 7. The van der Waals surface area contributed by atoms with Gasteiger partial charge in [-0.15, -0.1) is 0 Å². The number of nitrogens with zero attached hydrogens (tertiary/aromatic N) is 3. The Kier molecular flexibility index (Phi) is 15.9. The lowest BCUT2D eigenvalue weighted by Crippen LogP contribution is -2.45. The van der Waals surface area contributed by atoms with Crippen LogP contribution < -0.4 is 10.6 Å². The van der Waals surface area contributed by atoms with E-state index in [1.807, 2.05) is 55.7 Å². The SMILES string of the molecule is CC(C)(C)OC(=O)NCCCN(C(=O)CSCCNC(=O)OCC[Si](C)(C)C)[C@@H](c1nc(-c2cc(F)ccc2F)cn1Cc1ccccc1)C(C)(C)C. The number of imidazole rings is 1. The van der Waals surface area contributed by atoms with Crippen molar-refractivity contribution in [1.82, 2.24) is 25.1 Å². The largest absolute Gasteiger partial charge is 0.450 e. The molecule has 0 fully saturated rings. The summed E-state index contributed by atoms with van der Waals surface area (Å²) < 4.78 is 42.1. The van der Waals surface area contributed by atoms with Gasteiger partial charge in [-0.1, -0.05) is 70.7 Å². The molecule has 0 saturated carbocycles.